The third-order valence-corrected chi connectivity index (χ3v) is 3.46. The minimum absolute atomic E-state index is 0.333. The maximum Gasteiger partial charge on any atom is 0.137 e. The molecule has 1 atom stereocenters. The predicted octanol–water partition coefficient (Wildman–Crippen LogP) is 3.75. The molecule has 3 rings (SSSR count). The van der Waals surface area contributed by atoms with Gasteiger partial charge in [0.15, 0.2) is 0 Å². The van der Waals surface area contributed by atoms with Crippen molar-refractivity contribution < 1.29 is 0 Å². The van der Waals surface area contributed by atoms with Crippen LogP contribution < -0.4 is 0 Å². The summed E-state index contributed by atoms with van der Waals surface area (Å²) in [5, 5.41) is 9.40. The summed E-state index contributed by atoms with van der Waals surface area (Å²) in [5.41, 5.74) is 2.58. The molecule has 19 heavy (non-hydrogen) atoms. The molecule has 0 aliphatic carbocycles. The van der Waals surface area contributed by atoms with E-state index >= 15 is 0 Å². The first kappa shape index (κ1) is 11.9. The highest BCUT2D eigenvalue weighted by Crippen LogP contribution is 2.24. The fourth-order valence-electron chi connectivity index (χ4n) is 2.08. The van der Waals surface area contributed by atoms with Gasteiger partial charge in [0.05, 0.1) is 11.8 Å². The Morgan fingerprint density at radius 1 is 1.11 bits per heavy atom. The Hall–Kier alpha value is -2.12. The lowest BCUT2D eigenvalue weighted by Gasteiger charge is -2.05. The van der Waals surface area contributed by atoms with Gasteiger partial charge < -0.3 is 4.40 Å². The fourth-order valence-corrected chi connectivity index (χ4v) is 2.43. The van der Waals surface area contributed by atoms with Gasteiger partial charge >= 0.3 is 0 Å². The van der Waals surface area contributed by atoms with Gasteiger partial charge in [-0.15, -0.1) is 0 Å². The minimum atomic E-state index is -0.333. The largest absolute Gasteiger partial charge is 0.306 e. The van der Waals surface area contributed by atoms with Crippen molar-refractivity contribution in [2.45, 2.75) is 5.92 Å². The second-order valence-electron chi connectivity index (χ2n) is 4.25. The van der Waals surface area contributed by atoms with Gasteiger partial charge in [-0.2, -0.15) is 5.26 Å². The SMILES string of the molecule is N#C[C@H](c1ccccc1)c1cn2cc(Br)ccc2n1. The van der Waals surface area contributed by atoms with Gasteiger partial charge in [-0.1, -0.05) is 30.3 Å². The van der Waals surface area contributed by atoms with Gasteiger partial charge in [0.25, 0.3) is 0 Å². The second-order valence-corrected chi connectivity index (χ2v) is 5.17. The lowest BCUT2D eigenvalue weighted by Crippen LogP contribution is -1.97. The summed E-state index contributed by atoms with van der Waals surface area (Å²) in [6, 6.07) is 15.9. The molecular formula is C15H10BrN3. The summed E-state index contributed by atoms with van der Waals surface area (Å²) < 4.78 is 2.91. The van der Waals surface area contributed by atoms with Crippen molar-refractivity contribution in [1.29, 1.82) is 5.26 Å². The Balaban J connectivity index is 2.10. The normalized spacial score (nSPS) is 12.2. The van der Waals surface area contributed by atoms with Crippen LogP contribution in [0.3, 0.4) is 0 Å². The van der Waals surface area contributed by atoms with E-state index in [1.807, 2.05) is 59.3 Å². The molecule has 0 saturated carbocycles. The zero-order valence-corrected chi connectivity index (χ0v) is 11.6. The van der Waals surface area contributed by atoms with E-state index in [2.05, 4.69) is 27.0 Å². The van der Waals surface area contributed by atoms with Gasteiger partial charge in [0.2, 0.25) is 0 Å². The second kappa shape index (κ2) is 4.87. The Kier molecular flexibility index (Phi) is 3.06. The van der Waals surface area contributed by atoms with Crippen LogP contribution in [0.2, 0.25) is 0 Å². The summed E-state index contributed by atoms with van der Waals surface area (Å²) in [5.74, 6) is -0.333. The maximum atomic E-state index is 9.40. The molecule has 0 unspecified atom stereocenters. The number of nitriles is 1. The van der Waals surface area contributed by atoms with Crippen LogP contribution in [0.25, 0.3) is 5.65 Å². The van der Waals surface area contributed by atoms with E-state index in [1.54, 1.807) is 0 Å². The van der Waals surface area contributed by atoms with Crippen LogP contribution in [-0.4, -0.2) is 9.38 Å². The molecule has 0 bridgehead atoms. The quantitative estimate of drug-likeness (QED) is 0.723. The number of pyridine rings is 1. The number of benzene rings is 1. The molecule has 3 nitrogen and oxygen atoms in total. The number of aromatic nitrogens is 2. The van der Waals surface area contributed by atoms with E-state index in [1.165, 1.54) is 0 Å². The van der Waals surface area contributed by atoms with E-state index in [4.69, 9.17) is 0 Å². The van der Waals surface area contributed by atoms with Gasteiger partial charge in [0.1, 0.15) is 11.6 Å². The Labute approximate surface area is 119 Å². The standard InChI is InChI=1S/C15H10BrN3/c16-12-6-7-15-18-14(10-19(15)9-12)13(8-17)11-4-2-1-3-5-11/h1-7,9-10,13H/t13-/m1/s1. The minimum Gasteiger partial charge on any atom is -0.306 e. The number of imidazole rings is 1. The number of hydrogen-bond acceptors (Lipinski definition) is 2. The van der Waals surface area contributed by atoms with E-state index in [0.717, 1.165) is 21.4 Å². The lowest BCUT2D eigenvalue weighted by molar-refractivity contribution is 0.987. The number of fused-ring (bicyclic) bond motifs is 1. The summed E-state index contributed by atoms with van der Waals surface area (Å²) in [6.07, 6.45) is 3.84. The number of hydrogen-bond donors (Lipinski definition) is 0. The van der Waals surface area contributed by atoms with Crippen LogP contribution in [0.15, 0.2) is 59.3 Å². The van der Waals surface area contributed by atoms with Gasteiger partial charge in [-0.3, -0.25) is 0 Å². The molecular weight excluding hydrogens is 302 g/mol. The van der Waals surface area contributed by atoms with Gasteiger partial charge in [-0.25, -0.2) is 4.98 Å². The van der Waals surface area contributed by atoms with Crippen molar-refractivity contribution in [2.24, 2.45) is 0 Å². The maximum absolute atomic E-state index is 9.40. The molecule has 1 aromatic carbocycles. The Morgan fingerprint density at radius 2 is 1.89 bits per heavy atom. The number of rotatable bonds is 2. The van der Waals surface area contributed by atoms with Crippen LogP contribution in [0, 0.1) is 11.3 Å². The van der Waals surface area contributed by atoms with Gasteiger partial charge in [-0.05, 0) is 33.6 Å². The first-order chi connectivity index (χ1) is 9.28. The average molecular weight is 312 g/mol. The smallest absolute Gasteiger partial charge is 0.137 e. The topological polar surface area (TPSA) is 41.1 Å². The Bertz CT molecular complexity index is 756. The molecule has 0 spiro atoms. The molecule has 0 aliphatic heterocycles. The van der Waals surface area contributed by atoms with Crippen molar-refractivity contribution in [3.8, 4) is 6.07 Å². The molecule has 0 N–H and O–H groups in total. The van der Waals surface area contributed by atoms with Crippen molar-refractivity contribution in [2.75, 3.05) is 0 Å². The third kappa shape index (κ3) is 2.25. The molecule has 0 fully saturated rings. The Morgan fingerprint density at radius 3 is 2.63 bits per heavy atom. The molecule has 4 heteroatoms. The van der Waals surface area contributed by atoms with Crippen molar-refractivity contribution in [3.05, 3.63) is 70.6 Å². The molecule has 2 heterocycles. The van der Waals surface area contributed by atoms with E-state index in [9.17, 15) is 5.26 Å². The number of nitrogens with zero attached hydrogens (tertiary/aromatic N) is 3. The van der Waals surface area contributed by atoms with Crippen molar-refractivity contribution in [3.63, 3.8) is 0 Å². The summed E-state index contributed by atoms with van der Waals surface area (Å²) >= 11 is 3.43. The average Bonchev–Trinajstić information content (AvgIpc) is 2.83. The van der Waals surface area contributed by atoms with E-state index in [-0.39, 0.29) is 5.92 Å². The molecule has 3 aromatic rings. The van der Waals surface area contributed by atoms with Crippen LogP contribution in [-0.2, 0) is 0 Å². The van der Waals surface area contributed by atoms with Crippen LogP contribution in [0.1, 0.15) is 17.2 Å². The summed E-state index contributed by atoms with van der Waals surface area (Å²) in [7, 11) is 0. The fraction of sp³-hybridized carbons (Fsp3) is 0.0667. The zero-order valence-electron chi connectivity index (χ0n) is 9.99. The number of halogens is 1. The molecule has 0 radical (unpaired) electrons. The highest BCUT2D eigenvalue weighted by Gasteiger charge is 2.16. The summed E-state index contributed by atoms with van der Waals surface area (Å²) in [6.45, 7) is 0. The van der Waals surface area contributed by atoms with Crippen LogP contribution >= 0.6 is 15.9 Å². The van der Waals surface area contributed by atoms with Gasteiger partial charge in [0, 0.05) is 16.9 Å². The first-order valence-electron chi connectivity index (χ1n) is 5.86. The van der Waals surface area contributed by atoms with Crippen LogP contribution in [0.5, 0.6) is 0 Å². The molecule has 2 aromatic heterocycles. The zero-order chi connectivity index (χ0) is 13.2. The summed E-state index contributed by atoms with van der Waals surface area (Å²) in [4.78, 5) is 4.52. The van der Waals surface area contributed by atoms with Crippen molar-refractivity contribution in [1.82, 2.24) is 9.38 Å². The first-order valence-corrected chi connectivity index (χ1v) is 6.66. The predicted molar refractivity (Wildman–Crippen MR) is 76.8 cm³/mol. The van der Waals surface area contributed by atoms with E-state index < -0.39 is 0 Å². The van der Waals surface area contributed by atoms with Crippen molar-refractivity contribution >= 4 is 21.6 Å². The van der Waals surface area contributed by atoms with E-state index in [0.29, 0.717) is 0 Å². The highest BCUT2D eigenvalue weighted by atomic mass is 79.9. The lowest BCUT2D eigenvalue weighted by atomic mass is 9.98. The molecule has 92 valence electrons. The highest BCUT2D eigenvalue weighted by molar-refractivity contribution is 9.10. The molecule has 0 aliphatic rings. The molecule has 0 amide bonds. The molecule has 0 saturated heterocycles. The van der Waals surface area contributed by atoms with Crippen LogP contribution in [0.4, 0.5) is 0 Å². The monoisotopic (exact) mass is 311 g/mol. The third-order valence-electron chi connectivity index (χ3n) is 2.99.